The lowest BCUT2D eigenvalue weighted by atomic mass is 9.87. The number of carboxylic acid groups (broad SMARTS) is 1. The van der Waals surface area contributed by atoms with E-state index in [-0.39, 0.29) is 69.5 Å². The molecule has 0 aromatic heterocycles. The molecule has 232 valence electrons. The average Bonchev–Trinajstić information content (AvgIpc) is 3.03. The summed E-state index contributed by atoms with van der Waals surface area (Å²) in [5.74, 6) is 0.129. The van der Waals surface area contributed by atoms with E-state index in [1.165, 1.54) is 17.0 Å². The van der Waals surface area contributed by atoms with Crippen LogP contribution in [0.25, 0.3) is 0 Å². The number of aliphatic hydroxyl groups is 1. The molecule has 0 saturated carbocycles. The van der Waals surface area contributed by atoms with Crippen LogP contribution in [0.15, 0.2) is 66.7 Å². The van der Waals surface area contributed by atoms with Gasteiger partial charge in [0.15, 0.2) is 0 Å². The highest BCUT2D eigenvalue weighted by Gasteiger charge is 2.45. The first kappa shape index (κ1) is 30.6. The maximum Gasteiger partial charge on any atom is 0.407 e. The number of carbonyl (C=O) groups is 3. The number of nitrogens with one attached hydrogen (secondary N) is 1. The summed E-state index contributed by atoms with van der Waals surface area (Å²) in [7, 11) is 1.55. The van der Waals surface area contributed by atoms with Gasteiger partial charge in [-0.1, -0.05) is 42.5 Å². The van der Waals surface area contributed by atoms with Crippen LogP contribution in [0.1, 0.15) is 29.5 Å². The van der Waals surface area contributed by atoms with E-state index in [9.17, 15) is 24.6 Å². The fraction of sp³-hybridized carbons (Fsp3) is 0.344. The number of piperidine rings is 1. The zero-order valence-corrected chi connectivity index (χ0v) is 24.2. The van der Waals surface area contributed by atoms with E-state index in [1.54, 1.807) is 55.6 Å². The van der Waals surface area contributed by atoms with Crippen molar-refractivity contribution in [2.75, 3.05) is 31.7 Å². The number of rotatable bonds is 9. The Morgan fingerprint density at radius 3 is 2.50 bits per heavy atom. The number of alkyl carbamates (subject to hydrolysis) is 1. The van der Waals surface area contributed by atoms with Gasteiger partial charge >= 0.3 is 12.2 Å². The van der Waals surface area contributed by atoms with Crippen molar-refractivity contribution in [1.82, 2.24) is 10.2 Å². The van der Waals surface area contributed by atoms with Crippen LogP contribution in [0.3, 0.4) is 0 Å². The zero-order valence-electron chi connectivity index (χ0n) is 24.2. The SMILES string of the molecule is COc1ccc(CN2C(=O)CCc3c(OC[C@]4(O)CCN(C(=O)O)C[C@H]4NC(=O)OCc4ccccc4)ccc(F)c32)cc1. The van der Waals surface area contributed by atoms with Gasteiger partial charge in [0, 0.05) is 25.1 Å². The summed E-state index contributed by atoms with van der Waals surface area (Å²) in [5.41, 5.74) is 0.465. The molecule has 44 heavy (non-hydrogen) atoms. The number of hydrogen-bond acceptors (Lipinski definition) is 7. The van der Waals surface area contributed by atoms with Crippen molar-refractivity contribution in [2.24, 2.45) is 0 Å². The number of carbonyl (C=O) groups excluding carboxylic acids is 2. The lowest BCUT2D eigenvalue weighted by Gasteiger charge is -2.43. The molecule has 5 rings (SSSR count). The summed E-state index contributed by atoms with van der Waals surface area (Å²) in [6.07, 6.45) is -1.67. The number of hydrogen-bond donors (Lipinski definition) is 3. The topological polar surface area (TPSA) is 138 Å². The van der Waals surface area contributed by atoms with Gasteiger partial charge in [-0.2, -0.15) is 0 Å². The molecule has 2 aliphatic rings. The predicted octanol–water partition coefficient (Wildman–Crippen LogP) is 4.10. The number of ether oxygens (including phenoxy) is 3. The quantitative estimate of drug-likeness (QED) is 0.331. The highest BCUT2D eigenvalue weighted by Crippen LogP contribution is 2.39. The minimum absolute atomic E-state index is 0.00950. The summed E-state index contributed by atoms with van der Waals surface area (Å²) < 4.78 is 31.8. The number of anilines is 1. The minimum Gasteiger partial charge on any atom is -0.497 e. The number of halogens is 1. The summed E-state index contributed by atoms with van der Waals surface area (Å²) in [4.78, 5) is 39.8. The monoisotopic (exact) mass is 607 g/mol. The number of amides is 3. The Bertz CT molecular complexity index is 1500. The Hall–Kier alpha value is -4.84. The van der Waals surface area contributed by atoms with Crippen LogP contribution >= 0.6 is 0 Å². The molecule has 0 spiro atoms. The van der Waals surface area contributed by atoms with Crippen LogP contribution in [0, 0.1) is 5.82 Å². The molecule has 1 fully saturated rings. The molecule has 1 saturated heterocycles. The van der Waals surface area contributed by atoms with Gasteiger partial charge in [0.1, 0.15) is 36.1 Å². The van der Waals surface area contributed by atoms with Gasteiger partial charge in [-0.3, -0.25) is 4.79 Å². The molecule has 0 radical (unpaired) electrons. The number of fused-ring (bicyclic) bond motifs is 1. The zero-order chi connectivity index (χ0) is 31.3. The minimum atomic E-state index is -1.67. The molecule has 0 aliphatic carbocycles. The molecule has 0 unspecified atom stereocenters. The van der Waals surface area contributed by atoms with Gasteiger partial charge in [0.25, 0.3) is 0 Å². The Morgan fingerprint density at radius 2 is 1.80 bits per heavy atom. The van der Waals surface area contributed by atoms with Crippen molar-refractivity contribution in [3.05, 3.63) is 89.2 Å². The maximum absolute atomic E-state index is 15.2. The maximum atomic E-state index is 15.2. The van der Waals surface area contributed by atoms with Gasteiger partial charge < -0.3 is 39.5 Å². The van der Waals surface area contributed by atoms with E-state index in [0.717, 1.165) is 16.0 Å². The summed E-state index contributed by atoms with van der Waals surface area (Å²) in [6.45, 7) is -0.374. The second-order valence-electron chi connectivity index (χ2n) is 10.8. The van der Waals surface area contributed by atoms with E-state index in [4.69, 9.17) is 14.2 Å². The molecular weight excluding hydrogens is 573 g/mol. The largest absolute Gasteiger partial charge is 0.497 e. The fourth-order valence-electron chi connectivity index (χ4n) is 5.45. The number of methoxy groups -OCH3 is 1. The van der Waals surface area contributed by atoms with Crippen LogP contribution in [-0.2, 0) is 29.1 Å². The molecule has 11 nitrogen and oxygen atoms in total. The first-order chi connectivity index (χ1) is 21.2. The van der Waals surface area contributed by atoms with Gasteiger partial charge in [-0.15, -0.1) is 0 Å². The van der Waals surface area contributed by atoms with E-state index >= 15 is 4.39 Å². The average molecular weight is 608 g/mol. The first-order valence-corrected chi connectivity index (χ1v) is 14.2. The van der Waals surface area contributed by atoms with Crippen LogP contribution in [0.2, 0.25) is 0 Å². The van der Waals surface area contributed by atoms with E-state index < -0.39 is 29.6 Å². The van der Waals surface area contributed by atoms with E-state index in [2.05, 4.69) is 5.32 Å². The Morgan fingerprint density at radius 1 is 1.05 bits per heavy atom. The Balaban J connectivity index is 1.32. The van der Waals surface area contributed by atoms with Gasteiger partial charge in [0.2, 0.25) is 5.91 Å². The molecule has 3 aromatic carbocycles. The number of likely N-dealkylation sites (tertiary alicyclic amines) is 1. The van der Waals surface area contributed by atoms with Crippen molar-refractivity contribution in [1.29, 1.82) is 0 Å². The fourth-order valence-corrected chi connectivity index (χ4v) is 5.45. The number of nitrogens with zero attached hydrogens (tertiary/aromatic N) is 2. The number of benzene rings is 3. The van der Waals surface area contributed by atoms with Gasteiger partial charge in [-0.25, -0.2) is 14.0 Å². The second-order valence-corrected chi connectivity index (χ2v) is 10.8. The lowest BCUT2D eigenvalue weighted by Crippen LogP contribution is -2.65. The second kappa shape index (κ2) is 13.2. The van der Waals surface area contributed by atoms with Crippen LogP contribution in [-0.4, -0.2) is 71.7 Å². The van der Waals surface area contributed by atoms with Crippen molar-refractivity contribution in [2.45, 2.75) is 44.1 Å². The van der Waals surface area contributed by atoms with Crippen molar-refractivity contribution < 1.29 is 43.2 Å². The molecule has 12 heteroatoms. The Kier molecular flexibility index (Phi) is 9.19. The highest BCUT2D eigenvalue weighted by atomic mass is 19.1. The molecule has 3 N–H and O–H groups in total. The van der Waals surface area contributed by atoms with E-state index in [0.29, 0.717) is 11.3 Å². The third-order valence-electron chi connectivity index (χ3n) is 7.97. The highest BCUT2D eigenvalue weighted by molar-refractivity contribution is 5.97. The van der Waals surface area contributed by atoms with Crippen molar-refractivity contribution in [3.8, 4) is 11.5 Å². The van der Waals surface area contributed by atoms with E-state index in [1.807, 2.05) is 6.07 Å². The smallest absolute Gasteiger partial charge is 0.407 e. The first-order valence-electron chi connectivity index (χ1n) is 14.2. The van der Waals surface area contributed by atoms with Crippen molar-refractivity contribution >= 4 is 23.8 Å². The third kappa shape index (κ3) is 6.86. The Labute approximate surface area is 253 Å². The van der Waals surface area contributed by atoms with Gasteiger partial charge in [0.05, 0.1) is 25.4 Å². The van der Waals surface area contributed by atoms with Crippen LogP contribution < -0.4 is 19.7 Å². The molecule has 2 atom stereocenters. The summed E-state index contributed by atoms with van der Waals surface area (Å²) in [6, 6.07) is 17.8. The lowest BCUT2D eigenvalue weighted by molar-refractivity contribution is -0.119. The third-order valence-corrected chi connectivity index (χ3v) is 7.97. The normalized spacial score (nSPS) is 19.6. The standard InChI is InChI=1S/C32H34FN3O8/c1-42-23-9-7-21(8-10-23)17-36-28(37)14-11-24-26(13-12-25(33)29(24)36)44-20-32(41)15-16-35(31(39)40)18-27(32)34-30(38)43-19-22-5-3-2-4-6-22/h2-10,12-13,27,41H,11,14-20H2,1H3,(H,34,38)(H,39,40)/t27-,32-/m1/s1. The molecule has 3 aromatic rings. The van der Waals surface area contributed by atoms with Crippen LogP contribution in [0.4, 0.5) is 19.7 Å². The van der Waals surface area contributed by atoms with Crippen LogP contribution in [0.5, 0.6) is 11.5 Å². The van der Waals surface area contributed by atoms with Gasteiger partial charge in [-0.05, 0) is 48.2 Å². The molecule has 2 aliphatic heterocycles. The summed E-state index contributed by atoms with van der Waals surface area (Å²) >= 11 is 0. The molecule has 3 amide bonds. The summed E-state index contributed by atoms with van der Waals surface area (Å²) in [5, 5.41) is 23.8. The van der Waals surface area contributed by atoms with Crippen molar-refractivity contribution in [3.63, 3.8) is 0 Å². The molecule has 0 bridgehead atoms. The molecular formula is C32H34FN3O8. The predicted molar refractivity (Wildman–Crippen MR) is 157 cm³/mol. The molecule has 2 heterocycles.